The highest BCUT2D eigenvalue weighted by atomic mass is 19.1. The average Bonchev–Trinajstić information content (AvgIpc) is 3.28. The van der Waals surface area contributed by atoms with E-state index in [1.165, 1.54) is 6.07 Å². The minimum absolute atomic E-state index is 0.0524. The zero-order chi connectivity index (χ0) is 17.2. The van der Waals surface area contributed by atoms with Crippen LogP contribution in [0.3, 0.4) is 0 Å². The van der Waals surface area contributed by atoms with Gasteiger partial charge in [-0.1, -0.05) is 6.07 Å². The van der Waals surface area contributed by atoms with Crippen LogP contribution in [0.5, 0.6) is 0 Å². The second kappa shape index (κ2) is 7.30. The van der Waals surface area contributed by atoms with Crippen LogP contribution >= 0.6 is 0 Å². The van der Waals surface area contributed by atoms with E-state index in [1.807, 2.05) is 11.0 Å². The maximum atomic E-state index is 13.6. The summed E-state index contributed by atoms with van der Waals surface area (Å²) in [7, 11) is 0. The van der Waals surface area contributed by atoms with E-state index < -0.39 is 0 Å². The Balaban J connectivity index is 1.44. The Hall–Kier alpha value is -1.66. The summed E-state index contributed by atoms with van der Waals surface area (Å²) in [4.78, 5) is 16.3. The van der Waals surface area contributed by atoms with E-state index in [1.54, 1.807) is 12.1 Å². The van der Waals surface area contributed by atoms with Crippen molar-refractivity contribution in [3.05, 3.63) is 30.1 Å². The third-order valence-electron chi connectivity index (χ3n) is 5.50. The Bertz CT molecular complexity index is 620. The fraction of sp³-hybridized carbons (Fsp3) is 0.632. The van der Waals surface area contributed by atoms with Crippen LogP contribution < -0.4 is 4.90 Å². The summed E-state index contributed by atoms with van der Waals surface area (Å²) >= 11 is 0. The van der Waals surface area contributed by atoms with Crippen molar-refractivity contribution in [1.82, 2.24) is 4.90 Å². The van der Waals surface area contributed by atoms with Crippen molar-refractivity contribution in [3.63, 3.8) is 0 Å². The standard InChI is InChI=1S/C19H25FN2O3/c20-14-5-3-6-15(11-14)22-12-17(19-16(22)7-4-10-24-19)25-13-18(23)21-8-1-2-9-21/h3,5-6,11,16-17,19H,1-2,4,7-10,12-13H2/t16-,17-,19+/m1/s1. The smallest absolute Gasteiger partial charge is 0.248 e. The molecule has 1 aromatic carbocycles. The molecule has 0 bridgehead atoms. The van der Waals surface area contributed by atoms with Gasteiger partial charge >= 0.3 is 0 Å². The summed E-state index contributed by atoms with van der Waals surface area (Å²) in [5.74, 6) is -0.173. The van der Waals surface area contributed by atoms with E-state index in [9.17, 15) is 9.18 Å². The zero-order valence-corrected chi connectivity index (χ0v) is 14.4. The number of rotatable bonds is 4. The summed E-state index contributed by atoms with van der Waals surface area (Å²) in [5.41, 5.74) is 0.859. The number of nitrogens with zero attached hydrogens (tertiary/aromatic N) is 2. The fourth-order valence-corrected chi connectivity index (χ4v) is 4.24. The van der Waals surface area contributed by atoms with Gasteiger partial charge in [-0.15, -0.1) is 0 Å². The Labute approximate surface area is 147 Å². The topological polar surface area (TPSA) is 42.0 Å². The van der Waals surface area contributed by atoms with Crippen LogP contribution in [-0.4, -0.2) is 61.9 Å². The molecular weight excluding hydrogens is 323 g/mol. The van der Waals surface area contributed by atoms with Gasteiger partial charge in [-0.25, -0.2) is 4.39 Å². The van der Waals surface area contributed by atoms with Crippen molar-refractivity contribution in [2.24, 2.45) is 0 Å². The summed E-state index contributed by atoms with van der Waals surface area (Å²) in [5, 5.41) is 0. The number of fused-ring (bicyclic) bond motifs is 1. The largest absolute Gasteiger partial charge is 0.373 e. The molecule has 136 valence electrons. The molecule has 3 atom stereocenters. The summed E-state index contributed by atoms with van der Waals surface area (Å²) in [6.45, 7) is 3.13. The van der Waals surface area contributed by atoms with Gasteiger partial charge in [0.2, 0.25) is 5.91 Å². The summed E-state index contributed by atoms with van der Waals surface area (Å²) in [6.07, 6.45) is 3.95. The number of hydrogen-bond acceptors (Lipinski definition) is 4. The highest BCUT2D eigenvalue weighted by Gasteiger charge is 2.45. The Morgan fingerprint density at radius 2 is 2.12 bits per heavy atom. The molecule has 1 aromatic rings. The monoisotopic (exact) mass is 348 g/mol. The lowest BCUT2D eigenvalue weighted by Gasteiger charge is -2.33. The molecule has 1 amide bonds. The molecule has 0 spiro atoms. The lowest BCUT2D eigenvalue weighted by Crippen LogP contribution is -2.42. The molecule has 6 heteroatoms. The predicted molar refractivity (Wildman–Crippen MR) is 92.1 cm³/mol. The van der Waals surface area contributed by atoms with Crippen molar-refractivity contribution in [2.75, 3.05) is 37.7 Å². The van der Waals surface area contributed by atoms with Crippen LogP contribution in [0.1, 0.15) is 25.7 Å². The Morgan fingerprint density at radius 1 is 1.28 bits per heavy atom. The molecule has 25 heavy (non-hydrogen) atoms. The first-order valence-electron chi connectivity index (χ1n) is 9.25. The lowest BCUT2D eigenvalue weighted by molar-refractivity contribution is -0.140. The van der Waals surface area contributed by atoms with Gasteiger partial charge < -0.3 is 19.3 Å². The second-order valence-electron chi connectivity index (χ2n) is 7.11. The number of halogens is 1. The molecule has 0 saturated carbocycles. The van der Waals surface area contributed by atoms with Crippen LogP contribution in [0.25, 0.3) is 0 Å². The SMILES string of the molecule is O=C(CO[C@@H]1CN(c2cccc(F)c2)[C@@H]2CCCO[C@@H]21)N1CCCC1. The number of anilines is 1. The molecule has 3 heterocycles. The highest BCUT2D eigenvalue weighted by Crippen LogP contribution is 2.34. The number of benzene rings is 1. The van der Waals surface area contributed by atoms with Gasteiger partial charge in [0.25, 0.3) is 0 Å². The molecular formula is C19H25FN2O3. The fourth-order valence-electron chi connectivity index (χ4n) is 4.24. The van der Waals surface area contributed by atoms with Gasteiger partial charge in [0, 0.05) is 31.9 Å². The zero-order valence-electron chi connectivity index (χ0n) is 14.4. The third-order valence-corrected chi connectivity index (χ3v) is 5.50. The first-order chi connectivity index (χ1) is 12.2. The molecule has 0 unspecified atom stereocenters. The molecule has 3 aliphatic heterocycles. The number of likely N-dealkylation sites (tertiary alicyclic amines) is 1. The average molecular weight is 348 g/mol. The van der Waals surface area contributed by atoms with Crippen LogP contribution in [-0.2, 0) is 14.3 Å². The van der Waals surface area contributed by atoms with Crippen LogP contribution in [0.4, 0.5) is 10.1 Å². The summed E-state index contributed by atoms with van der Waals surface area (Å²) in [6, 6.07) is 6.85. The van der Waals surface area contributed by atoms with Crippen LogP contribution in [0, 0.1) is 5.82 Å². The predicted octanol–water partition coefficient (Wildman–Crippen LogP) is 2.20. The first kappa shape index (κ1) is 16.8. The molecule has 0 N–H and O–H groups in total. The number of amides is 1. The minimum Gasteiger partial charge on any atom is -0.373 e. The van der Waals surface area contributed by atoms with E-state index in [0.29, 0.717) is 6.54 Å². The first-order valence-corrected chi connectivity index (χ1v) is 9.25. The number of hydrogen-bond donors (Lipinski definition) is 0. The molecule has 0 radical (unpaired) electrons. The van der Waals surface area contributed by atoms with Gasteiger partial charge in [-0.2, -0.15) is 0 Å². The van der Waals surface area contributed by atoms with Gasteiger partial charge in [-0.3, -0.25) is 4.79 Å². The second-order valence-corrected chi connectivity index (χ2v) is 7.11. The van der Waals surface area contributed by atoms with Crippen molar-refractivity contribution in [1.29, 1.82) is 0 Å². The van der Waals surface area contributed by atoms with Gasteiger partial charge in [0.05, 0.1) is 6.04 Å². The minimum atomic E-state index is -0.237. The molecule has 3 fully saturated rings. The number of carbonyl (C=O) groups excluding carboxylic acids is 1. The van der Waals surface area contributed by atoms with Gasteiger partial charge in [0.1, 0.15) is 24.6 Å². The van der Waals surface area contributed by atoms with Gasteiger partial charge in [0.15, 0.2) is 0 Å². The quantitative estimate of drug-likeness (QED) is 0.837. The van der Waals surface area contributed by atoms with E-state index in [0.717, 1.165) is 51.1 Å². The molecule has 3 aliphatic rings. The number of carbonyl (C=O) groups is 1. The van der Waals surface area contributed by atoms with Crippen LogP contribution in [0.15, 0.2) is 24.3 Å². The molecule has 4 rings (SSSR count). The highest BCUT2D eigenvalue weighted by molar-refractivity contribution is 5.77. The maximum Gasteiger partial charge on any atom is 0.248 e. The lowest BCUT2D eigenvalue weighted by atomic mass is 10.0. The molecule has 0 aliphatic carbocycles. The molecule has 3 saturated heterocycles. The Kier molecular flexibility index (Phi) is 4.90. The number of ether oxygens (including phenoxy) is 2. The van der Waals surface area contributed by atoms with E-state index in [-0.39, 0.29) is 36.6 Å². The van der Waals surface area contributed by atoms with Crippen molar-refractivity contribution in [2.45, 2.75) is 43.9 Å². The molecule has 0 aromatic heterocycles. The van der Waals surface area contributed by atoms with E-state index >= 15 is 0 Å². The van der Waals surface area contributed by atoms with Crippen molar-refractivity contribution >= 4 is 11.6 Å². The van der Waals surface area contributed by atoms with Crippen molar-refractivity contribution < 1.29 is 18.7 Å². The van der Waals surface area contributed by atoms with Gasteiger partial charge in [-0.05, 0) is 43.9 Å². The third kappa shape index (κ3) is 3.51. The van der Waals surface area contributed by atoms with Crippen LogP contribution in [0.2, 0.25) is 0 Å². The maximum absolute atomic E-state index is 13.6. The van der Waals surface area contributed by atoms with E-state index in [4.69, 9.17) is 9.47 Å². The Morgan fingerprint density at radius 3 is 2.92 bits per heavy atom. The molecule has 5 nitrogen and oxygen atoms in total. The normalized spacial score (nSPS) is 29.1. The summed E-state index contributed by atoms with van der Waals surface area (Å²) < 4.78 is 25.6. The van der Waals surface area contributed by atoms with E-state index in [2.05, 4.69) is 4.90 Å². The van der Waals surface area contributed by atoms with Crippen molar-refractivity contribution in [3.8, 4) is 0 Å².